The molecule has 0 fully saturated rings. The molecule has 0 amide bonds. The van der Waals surface area contributed by atoms with E-state index in [1.165, 1.54) is 0 Å². The lowest BCUT2D eigenvalue weighted by Crippen LogP contribution is -2.11. The zero-order valence-corrected chi connectivity index (χ0v) is 8.20. The number of anilines is 1. The molecule has 0 heterocycles. The van der Waals surface area contributed by atoms with Gasteiger partial charge in [-0.2, -0.15) is 0 Å². The number of nitrogens with two attached hydrogens (primary N) is 1. The Morgan fingerprint density at radius 1 is 1.46 bits per heavy atom. The Bertz CT molecular complexity index is 292. The molecule has 0 spiro atoms. The molecule has 2 heteroatoms. The molecule has 13 heavy (non-hydrogen) atoms. The second kappa shape index (κ2) is 4.10. The number of hydrogen-bond acceptors (Lipinski definition) is 2. The zero-order chi connectivity index (χ0) is 9.84. The molecule has 1 aromatic rings. The normalized spacial score (nSPS) is 12.2. The molecule has 0 aliphatic heterocycles. The summed E-state index contributed by atoms with van der Waals surface area (Å²) in [4.78, 5) is 2.05. The van der Waals surface area contributed by atoms with Crippen molar-refractivity contribution in [1.82, 2.24) is 0 Å². The first-order chi connectivity index (χ1) is 6.15. The van der Waals surface area contributed by atoms with Gasteiger partial charge in [0.1, 0.15) is 0 Å². The third-order valence-corrected chi connectivity index (χ3v) is 2.03. The number of hydrogen-bond donors (Lipinski definition) is 1. The van der Waals surface area contributed by atoms with Gasteiger partial charge in [-0.05, 0) is 17.7 Å². The molecule has 1 aromatic carbocycles. The Hall–Kier alpha value is -1.28. The maximum absolute atomic E-state index is 5.83. The maximum Gasteiger partial charge on any atom is 0.0479 e. The van der Waals surface area contributed by atoms with E-state index in [-0.39, 0.29) is 6.04 Å². The Morgan fingerprint density at radius 2 is 2.15 bits per heavy atom. The van der Waals surface area contributed by atoms with E-state index < -0.39 is 0 Å². The van der Waals surface area contributed by atoms with Gasteiger partial charge in [0.2, 0.25) is 0 Å². The second-order valence-electron chi connectivity index (χ2n) is 3.25. The van der Waals surface area contributed by atoms with Crippen molar-refractivity contribution in [2.24, 2.45) is 5.73 Å². The van der Waals surface area contributed by atoms with Gasteiger partial charge in [0.05, 0.1) is 0 Å². The molecule has 0 aliphatic carbocycles. The average Bonchev–Trinajstić information content (AvgIpc) is 2.17. The molecule has 0 saturated heterocycles. The summed E-state index contributed by atoms with van der Waals surface area (Å²) in [6.45, 7) is 3.67. The van der Waals surface area contributed by atoms with E-state index in [1.807, 2.05) is 26.2 Å². The van der Waals surface area contributed by atoms with Crippen molar-refractivity contribution in [2.45, 2.75) is 6.04 Å². The minimum absolute atomic E-state index is 0.0695. The van der Waals surface area contributed by atoms with Crippen molar-refractivity contribution in [3.8, 4) is 0 Å². The molecule has 0 radical (unpaired) electrons. The minimum atomic E-state index is -0.0695. The van der Waals surface area contributed by atoms with E-state index in [4.69, 9.17) is 5.73 Å². The summed E-state index contributed by atoms with van der Waals surface area (Å²) in [5.74, 6) is 0. The van der Waals surface area contributed by atoms with E-state index in [9.17, 15) is 0 Å². The number of benzene rings is 1. The molecule has 70 valence electrons. The highest BCUT2D eigenvalue weighted by molar-refractivity contribution is 5.48. The van der Waals surface area contributed by atoms with Crippen LogP contribution in [0.1, 0.15) is 11.6 Å². The van der Waals surface area contributed by atoms with Gasteiger partial charge in [0.15, 0.2) is 0 Å². The Kier molecular flexibility index (Phi) is 3.09. The minimum Gasteiger partial charge on any atom is -0.378 e. The van der Waals surface area contributed by atoms with Crippen LogP contribution in [0.25, 0.3) is 0 Å². The van der Waals surface area contributed by atoms with Crippen molar-refractivity contribution < 1.29 is 0 Å². The summed E-state index contributed by atoms with van der Waals surface area (Å²) < 4.78 is 0. The van der Waals surface area contributed by atoms with Crippen LogP contribution in [-0.2, 0) is 0 Å². The monoisotopic (exact) mass is 176 g/mol. The fourth-order valence-corrected chi connectivity index (χ4v) is 1.15. The van der Waals surface area contributed by atoms with Crippen molar-refractivity contribution in [3.05, 3.63) is 42.5 Å². The summed E-state index contributed by atoms with van der Waals surface area (Å²) in [5, 5.41) is 0. The molecule has 0 aliphatic rings. The van der Waals surface area contributed by atoms with Gasteiger partial charge in [-0.15, -0.1) is 6.58 Å². The molecule has 2 nitrogen and oxygen atoms in total. The van der Waals surface area contributed by atoms with Crippen LogP contribution in [0.5, 0.6) is 0 Å². The second-order valence-corrected chi connectivity index (χ2v) is 3.25. The van der Waals surface area contributed by atoms with Gasteiger partial charge >= 0.3 is 0 Å². The van der Waals surface area contributed by atoms with Gasteiger partial charge in [0.25, 0.3) is 0 Å². The summed E-state index contributed by atoms with van der Waals surface area (Å²) in [6.07, 6.45) is 1.74. The van der Waals surface area contributed by atoms with Crippen LogP contribution in [0, 0.1) is 0 Å². The summed E-state index contributed by atoms with van der Waals surface area (Å²) in [7, 11) is 4.02. The van der Waals surface area contributed by atoms with Crippen molar-refractivity contribution in [3.63, 3.8) is 0 Å². The third kappa shape index (κ3) is 2.33. The zero-order valence-electron chi connectivity index (χ0n) is 8.20. The van der Waals surface area contributed by atoms with Gasteiger partial charge in [-0.25, -0.2) is 0 Å². The first-order valence-electron chi connectivity index (χ1n) is 4.30. The predicted octanol–water partition coefficient (Wildman–Crippen LogP) is 1.94. The van der Waals surface area contributed by atoms with Crippen LogP contribution >= 0.6 is 0 Å². The van der Waals surface area contributed by atoms with E-state index in [0.29, 0.717) is 0 Å². The van der Waals surface area contributed by atoms with E-state index in [1.54, 1.807) is 6.08 Å². The number of rotatable bonds is 3. The Balaban J connectivity index is 2.97. The average molecular weight is 176 g/mol. The standard InChI is InChI=1S/C11H16N2/c1-4-11(12)9-6-5-7-10(8-9)13(2)3/h4-8,11H,1,12H2,2-3H3. The highest BCUT2D eigenvalue weighted by atomic mass is 15.1. The fourth-order valence-electron chi connectivity index (χ4n) is 1.15. The maximum atomic E-state index is 5.83. The summed E-state index contributed by atoms with van der Waals surface area (Å²) in [6, 6.07) is 8.08. The SMILES string of the molecule is C=CC(N)c1cccc(N(C)C)c1. The molecule has 0 saturated carbocycles. The fraction of sp³-hybridized carbons (Fsp3) is 0.273. The molecule has 0 bridgehead atoms. The summed E-state index contributed by atoms with van der Waals surface area (Å²) in [5.41, 5.74) is 8.09. The number of nitrogens with zero attached hydrogens (tertiary/aromatic N) is 1. The van der Waals surface area contributed by atoms with Crippen LogP contribution in [0.3, 0.4) is 0 Å². The molecule has 1 unspecified atom stereocenters. The van der Waals surface area contributed by atoms with Gasteiger partial charge in [-0.3, -0.25) is 0 Å². The molecular formula is C11H16N2. The van der Waals surface area contributed by atoms with Crippen molar-refractivity contribution >= 4 is 5.69 Å². The van der Waals surface area contributed by atoms with E-state index in [2.05, 4.69) is 23.6 Å². The molecule has 1 atom stereocenters. The van der Waals surface area contributed by atoms with Crippen molar-refractivity contribution in [2.75, 3.05) is 19.0 Å². The van der Waals surface area contributed by atoms with Crippen LogP contribution in [-0.4, -0.2) is 14.1 Å². The molecule has 2 N–H and O–H groups in total. The molecule has 1 rings (SSSR count). The third-order valence-electron chi connectivity index (χ3n) is 2.03. The van der Waals surface area contributed by atoms with Crippen molar-refractivity contribution in [1.29, 1.82) is 0 Å². The quantitative estimate of drug-likeness (QED) is 0.713. The summed E-state index contributed by atoms with van der Waals surface area (Å²) >= 11 is 0. The highest BCUT2D eigenvalue weighted by Gasteiger charge is 2.02. The predicted molar refractivity (Wildman–Crippen MR) is 57.9 cm³/mol. The lowest BCUT2D eigenvalue weighted by atomic mass is 10.1. The first-order valence-corrected chi connectivity index (χ1v) is 4.30. The van der Waals surface area contributed by atoms with Gasteiger partial charge in [-0.1, -0.05) is 18.2 Å². The highest BCUT2D eigenvalue weighted by Crippen LogP contribution is 2.18. The molecular weight excluding hydrogens is 160 g/mol. The topological polar surface area (TPSA) is 29.3 Å². The van der Waals surface area contributed by atoms with E-state index >= 15 is 0 Å². The smallest absolute Gasteiger partial charge is 0.0479 e. The van der Waals surface area contributed by atoms with Gasteiger partial charge < -0.3 is 10.6 Å². The lowest BCUT2D eigenvalue weighted by molar-refractivity contribution is 0.912. The Labute approximate surface area is 79.7 Å². The Morgan fingerprint density at radius 3 is 2.69 bits per heavy atom. The molecule has 0 aromatic heterocycles. The first kappa shape index (κ1) is 9.81. The van der Waals surface area contributed by atoms with Crippen LogP contribution in [0.15, 0.2) is 36.9 Å². The van der Waals surface area contributed by atoms with E-state index in [0.717, 1.165) is 11.3 Å². The van der Waals surface area contributed by atoms with Crippen LogP contribution < -0.4 is 10.6 Å². The van der Waals surface area contributed by atoms with Gasteiger partial charge in [0, 0.05) is 25.8 Å². The van der Waals surface area contributed by atoms with Crippen LogP contribution in [0.4, 0.5) is 5.69 Å². The lowest BCUT2D eigenvalue weighted by Gasteiger charge is -2.15. The van der Waals surface area contributed by atoms with Crippen LogP contribution in [0.2, 0.25) is 0 Å². The largest absolute Gasteiger partial charge is 0.378 e.